The molecular weight excluding hydrogens is 108 g/mol. The molecule has 0 bridgehead atoms. The lowest BCUT2D eigenvalue weighted by Gasteiger charge is -2.08. The van der Waals surface area contributed by atoms with Gasteiger partial charge >= 0.3 is 5.97 Å². The van der Waals surface area contributed by atoms with Gasteiger partial charge in [-0.3, -0.25) is 4.79 Å². The van der Waals surface area contributed by atoms with Gasteiger partial charge in [-0.15, -0.1) is 0 Å². The first-order valence-corrected chi connectivity index (χ1v) is 2.18. The zero-order valence-corrected chi connectivity index (χ0v) is 5.36. The van der Waals surface area contributed by atoms with Gasteiger partial charge in [-0.2, -0.15) is 0 Å². The van der Waals surface area contributed by atoms with Gasteiger partial charge in [0, 0.05) is 0 Å². The molecule has 3 heteroatoms. The van der Waals surface area contributed by atoms with Crippen LogP contribution in [0.2, 0.25) is 0 Å². The number of hydrogen-bond donors (Lipinski definition) is 1. The van der Waals surface area contributed by atoms with Crippen molar-refractivity contribution in [2.24, 2.45) is 5.41 Å². The number of aliphatic carboxylic acids is 1. The Morgan fingerprint density at radius 3 is 1.50 bits per heavy atom. The third-order valence-electron chi connectivity index (χ3n) is 0.642. The van der Waals surface area contributed by atoms with Crippen molar-refractivity contribution in [3.63, 3.8) is 0 Å². The van der Waals surface area contributed by atoms with Crippen molar-refractivity contribution in [3.05, 3.63) is 0 Å². The fourth-order valence-electron chi connectivity index (χ4n) is 0. The van der Waals surface area contributed by atoms with E-state index in [4.69, 9.17) is 5.11 Å². The maximum Gasteiger partial charge on any atom is 0.308 e. The predicted molar refractivity (Wildman–Crippen MR) is 30.7 cm³/mol. The van der Waals surface area contributed by atoms with Gasteiger partial charge < -0.3 is 10.6 Å². The van der Waals surface area contributed by atoms with Gasteiger partial charge in [-0.1, -0.05) is 0 Å². The van der Waals surface area contributed by atoms with Gasteiger partial charge in [0.15, 0.2) is 0 Å². The molecule has 0 radical (unpaired) electrons. The Balaban J connectivity index is 0. The van der Waals surface area contributed by atoms with Crippen molar-refractivity contribution in [2.75, 3.05) is 0 Å². The Morgan fingerprint density at radius 2 is 1.50 bits per heavy atom. The average molecular weight is 120 g/mol. The lowest BCUT2D eigenvalue weighted by molar-refractivity contribution is -0.145. The molecule has 3 N–H and O–H groups in total. The van der Waals surface area contributed by atoms with Crippen LogP contribution >= 0.6 is 0 Å². The second-order valence-corrected chi connectivity index (χ2v) is 2.56. The van der Waals surface area contributed by atoms with Crippen LogP contribution in [-0.2, 0) is 4.79 Å². The van der Waals surface area contributed by atoms with Gasteiger partial charge in [-0.05, 0) is 20.8 Å². The van der Waals surface area contributed by atoms with Crippen LogP contribution in [-0.4, -0.2) is 16.6 Å². The monoisotopic (exact) mass is 120 g/mol. The predicted octanol–water partition coefficient (Wildman–Crippen LogP) is 0.292. The van der Waals surface area contributed by atoms with E-state index in [0.717, 1.165) is 0 Å². The van der Waals surface area contributed by atoms with Gasteiger partial charge in [0.05, 0.1) is 5.41 Å². The number of carboxylic acid groups (broad SMARTS) is 1. The Labute approximate surface area is 48.6 Å². The second kappa shape index (κ2) is 2.67. The quantitative estimate of drug-likeness (QED) is 0.499. The topological polar surface area (TPSA) is 68.8 Å². The SMILES string of the molecule is CC(C)(C)C(=O)O.O. The molecule has 0 aliphatic rings. The molecule has 0 aliphatic heterocycles. The minimum absolute atomic E-state index is 0. The Kier molecular flexibility index (Phi) is 3.47. The van der Waals surface area contributed by atoms with Crippen LogP contribution in [0.15, 0.2) is 0 Å². The molecule has 0 heterocycles. The normalized spacial score (nSPS) is 9.88. The summed E-state index contributed by atoms with van der Waals surface area (Å²) in [5.41, 5.74) is -0.583. The molecule has 3 nitrogen and oxygen atoms in total. The second-order valence-electron chi connectivity index (χ2n) is 2.56. The molecule has 0 fully saturated rings. The highest BCUT2D eigenvalue weighted by Crippen LogP contribution is 2.11. The fourth-order valence-corrected chi connectivity index (χ4v) is 0. The summed E-state index contributed by atoms with van der Waals surface area (Å²) in [7, 11) is 0. The molecule has 0 rings (SSSR count). The molecule has 0 aromatic rings. The van der Waals surface area contributed by atoms with E-state index in [2.05, 4.69) is 0 Å². The van der Waals surface area contributed by atoms with Crippen molar-refractivity contribution < 1.29 is 15.4 Å². The molecule has 0 aliphatic carbocycles. The minimum Gasteiger partial charge on any atom is -0.481 e. The highest BCUT2D eigenvalue weighted by Gasteiger charge is 2.18. The molecule has 8 heavy (non-hydrogen) atoms. The molecule has 0 atom stereocenters. The Hall–Kier alpha value is -0.570. The first-order chi connectivity index (χ1) is 2.94. The van der Waals surface area contributed by atoms with E-state index in [1.807, 2.05) is 0 Å². The zero-order valence-electron chi connectivity index (χ0n) is 5.36. The molecule has 0 amide bonds. The van der Waals surface area contributed by atoms with Crippen LogP contribution in [0.1, 0.15) is 20.8 Å². The third kappa shape index (κ3) is 3.61. The lowest BCUT2D eigenvalue weighted by atomic mass is 9.98. The van der Waals surface area contributed by atoms with Crippen LogP contribution in [0.3, 0.4) is 0 Å². The summed E-state index contributed by atoms with van der Waals surface area (Å²) in [6, 6.07) is 0. The van der Waals surface area contributed by atoms with E-state index in [-0.39, 0.29) is 5.48 Å². The molecule has 0 unspecified atom stereocenters. The maximum absolute atomic E-state index is 10.0. The van der Waals surface area contributed by atoms with Crippen LogP contribution in [0, 0.1) is 5.41 Å². The van der Waals surface area contributed by atoms with Gasteiger partial charge in [0.2, 0.25) is 0 Å². The van der Waals surface area contributed by atoms with Crippen molar-refractivity contribution in [3.8, 4) is 0 Å². The van der Waals surface area contributed by atoms with E-state index in [1.165, 1.54) is 0 Å². The molecule has 0 saturated carbocycles. The summed E-state index contributed by atoms with van der Waals surface area (Å²) in [6.07, 6.45) is 0. The van der Waals surface area contributed by atoms with Gasteiger partial charge in [0.25, 0.3) is 0 Å². The molecule has 0 aromatic carbocycles. The number of carboxylic acids is 1. The van der Waals surface area contributed by atoms with E-state index in [9.17, 15) is 4.79 Å². The molecule has 0 saturated heterocycles. The van der Waals surface area contributed by atoms with Gasteiger partial charge in [-0.25, -0.2) is 0 Å². The molecular formula is C5H12O3. The van der Waals surface area contributed by atoms with Crippen LogP contribution in [0.5, 0.6) is 0 Å². The van der Waals surface area contributed by atoms with Gasteiger partial charge in [0.1, 0.15) is 0 Å². The van der Waals surface area contributed by atoms with Crippen LogP contribution in [0.25, 0.3) is 0 Å². The average Bonchev–Trinajstić information content (AvgIpc) is 1.31. The molecule has 0 spiro atoms. The van der Waals surface area contributed by atoms with E-state index < -0.39 is 11.4 Å². The van der Waals surface area contributed by atoms with Crippen molar-refractivity contribution in [1.29, 1.82) is 0 Å². The number of hydrogen-bond acceptors (Lipinski definition) is 1. The number of carbonyl (C=O) groups is 1. The van der Waals surface area contributed by atoms with Crippen LogP contribution < -0.4 is 0 Å². The van der Waals surface area contributed by atoms with E-state index >= 15 is 0 Å². The highest BCUT2D eigenvalue weighted by atomic mass is 16.4. The lowest BCUT2D eigenvalue weighted by Crippen LogP contribution is -2.18. The largest absolute Gasteiger partial charge is 0.481 e. The standard InChI is InChI=1S/C5H10O2.H2O/c1-5(2,3)4(6)7;/h1-3H3,(H,6,7);1H2. The molecule has 0 aromatic heterocycles. The third-order valence-corrected chi connectivity index (χ3v) is 0.642. The van der Waals surface area contributed by atoms with Crippen molar-refractivity contribution >= 4 is 5.97 Å². The Bertz CT molecular complexity index is 80.2. The highest BCUT2D eigenvalue weighted by molar-refractivity contribution is 5.72. The first-order valence-electron chi connectivity index (χ1n) is 2.18. The van der Waals surface area contributed by atoms with Crippen molar-refractivity contribution in [1.82, 2.24) is 0 Å². The smallest absolute Gasteiger partial charge is 0.308 e. The summed E-state index contributed by atoms with van der Waals surface area (Å²) in [6.45, 7) is 4.99. The van der Waals surface area contributed by atoms with Crippen LogP contribution in [0.4, 0.5) is 0 Å². The van der Waals surface area contributed by atoms with E-state index in [0.29, 0.717) is 0 Å². The van der Waals surface area contributed by atoms with Crippen molar-refractivity contribution in [2.45, 2.75) is 20.8 Å². The summed E-state index contributed by atoms with van der Waals surface area (Å²) in [4.78, 5) is 10.0. The molecule has 50 valence electrons. The first kappa shape index (κ1) is 10.4. The Morgan fingerprint density at radius 1 is 1.38 bits per heavy atom. The summed E-state index contributed by atoms with van der Waals surface area (Å²) in [5, 5.41) is 8.25. The van der Waals surface area contributed by atoms with E-state index in [1.54, 1.807) is 20.8 Å². The maximum atomic E-state index is 10.0. The summed E-state index contributed by atoms with van der Waals surface area (Å²) >= 11 is 0. The minimum atomic E-state index is -0.757. The fraction of sp³-hybridized carbons (Fsp3) is 0.800. The summed E-state index contributed by atoms with van der Waals surface area (Å²) in [5.74, 6) is -0.757. The number of rotatable bonds is 0. The zero-order chi connectivity index (χ0) is 6.08. The summed E-state index contributed by atoms with van der Waals surface area (Å²) < 4.78 is 0.